The quantitative estimate of drug-likeness (QED) is 0.0134. The monoisotopic (exact) mass is 828 g/mol. The number of phenolic OH excluding ortho intramolecular Hbond substituents is 1. The Hall–Kier alpha value is -5.28. The first kappa shape index (κ1) is 39.4. The maximum atomic E-state index is 12.1. The Morgan fingerprint density at radius 2 is 1.33 bits per heavy atom. The first-order chi connectivity index (χ1) is 26.3. The maximum absolute atomic E-state index is 12.1. The van der Waals surface area contributed by atoms with E-state index < -0.39 is 35.8 Å². The smallest absolute Gasteiger partial charge is 0.296 e. The van der Waals surface area contributed by atoms with E-state index >= 15 is 0 Å². The van der Waals surface area contributed by atoms with E-state index in [0.29, 0.717) is 45.7 Å². The summed E-state index contributed by atoms with van der Waals surface area (Å²) in [5, 5.41) is 56.8. The average molecular weight is 829 g/mol. The molecule has 0 spiro atoms. The number of hydrogen-bond donors (Lipinski definition) is 7. The summed E-state index contributed by atoms with van der Waals surface area (Å²) in [5.74, 6) is -0.578. The predicted octanol–water partition coefficient (Wildman–Crippen LogP) is 9.21. The molecule has 0 aliphatic rings. The van der Waals surface area contributed by atoms with Crippen LogP contribution in [0.15, 0.2) is 137 Å². The summed E-state index contributed by atoms with van der Waals surface area (Å²) in [6.45, 7) is 0. The van der Waals surface area contributed by atoms with Crippen molar-refractivity contribution >= 4 is 106 Å². The fourth-order valence-corrected chi connectivity index (χ4v) is 7.26. The van der Waals surface area contributed by atoms with Crippen LogP contribution in [0.4, 0.5) is 39.8 Å². The average Bonchev–Trinajstić information content (AvgIpc) is 3.15. The summed E-state index contributed by atoms with van der Waals surface area (Å²) in [6.07, 6.45) is 0. The van der Waals surface area contributed by atoms with Crippen molar-refractivity contribution in [3.05, 3.63) is 97.1 Å². The Morgan fingerprint density at radius 3 is 2.00 bits per heavy atom. The van der Waals surface area contributed by atoms with Crippen LogP contribution in [-0.4, -0.2) is 41.6 Å². The molecule has 6 aromatic rings. The van der Waals surface area contributed by atoms with Gasteiger partial charge in [0.05, 0.1) is 67.2 Å². The van der Waals surface area contributed by atoms with Crippen LogP contribution in [0.25, 0.3) is 21.5 Å². The van der Waals surface area contributed by atoms with Crippen molar-refractivity contribution in [3.8, 4) is 5.75 Å². The van der Waals surface area contributed by atoms with Gasteiger partial charge in [0, 0.05) is 21.8 Å². The van der Waals surface area contributed by atoms with Gasteiger partial charge in [0.15, 0.2) is 5.75 Å². The fourth-order valence-electron chi connectivity index (χ4n) is 5.15. The Bertz CT molecular complexity index is 2700. The van der Waals surface area contributed by atoms with E-state index in [1.54, 1.807) is 18.2 Å². The van der Waals surface area contributed by atoms with Crippen LogP contribution in [0, 0.1) is 0 Å². The summed E-state index contributed by atoms with van der Waals surface area (Å²) in [7, 11) is -9.44. The largest absolute Gasteiger partial charge is 0.505 e. The number of rotatable bonds is 14. The summed E-state index contributed by atoms with van der Waals surface area (Å²) in [5.41, 5.74) is 7.10. The number of nitrogens with zero attached hydrogens (tertiary/aromatic N) is 4. The molecule has 0 atom stereocenters. The maximum Gasteiger partial charge on any atom is 0.296 e. The lowest BCUT2D eigenvalue weighted by molar-refractivity contribution is -0.432. The molecule has 0 fully saturated rings. The molecule has 0 radical (unpaired) electrons. The topological polar surface area (TPSA) is 294 Å². The highest BCUT2D eigenvalue weighted by atomic mass is 32.2. The molecule has 0 unspecified atom stereocenters. The zero-order chi connectivity index (χ0) is 39.3. The van der Waals surface area contributed by atoms with Gasteiger partial charge in [0.1, 0.15) is 10.6 Å². The summed E-state index contributed by atoms with van der Waals surface area (Å²) < 4.78 is 76.4. The van der Waals surface area contributed by atoms with Gasteiger partial charge in [-0.2, -0.15) is 21.9 Å². The van der Waals surface area contributed by atoms with Gasteiger partial charge in [-0.25, -0.2) is 10.5 Å². The molecule has 0 amide bonds. The molecule has 0 heterocycles. The lowest BCUT2D eigenvalue weighted by Crippen LogP contribution is -2.03. The van der Waals surface area contributed by atoms with Crippen LogP contribution in [0.1, 0.15) is 0 Å². The predicted molar refractivity (Wildman–Crippen MR) is 199 cm³/mol. The molecular formula is C32H24N6O13S4. The van der Waals surface area contributed by atoms with Gasteiger partial charge in [-0.15, -0.1) is 24.0 Å². The van der Waals surface area contributed by atoms with Crippen LogP contribution in [-0.2, 0) is 39.0 Å². The number of phenols is 1. The normalized spacial score (nSPS) is 12.4. The Labute approximate surface area is 318 Å². The number of nitrogen functional groups attached to an aromatic ring is 1. The molecule has 55 heavy (non-hydrogen) atoms. The number of para-hydroxylation sites is 1. The molecule has 8 N–H and O–H groups in total. The Kier molecular flexibility index (Phi) is 11.9. The Morgan fingerprint density at radius 1 is 0.655 bits per heavy atom. The van der Waals surface area contributed by atoms with E-state index in [2.05, 4.69) is 44.5 Å². The molecule has 284 valence electrons. The number of anilines is 3. The van der Waals surface area contributed by atoms with Gasteiger partial charge in [0.25, 0.3) is 20.2 Å². The van der Waals surface area contributed by atoms with Crippen LogP contribution in [0.3, 0.4) is 0 Å². The van der Waals surface area contributed by atoms with E-state index in [1.807, 2.05) is 30.3 Å². The summed E-state index contributed by atoms with van der Waals surface area (Å²) in [4.78, 5) is -0.729. The second-order valence-electron chi connectivity index (χ2n) is 11.0. The van der Waals surface area contributed by atoms with Crippen LogP contribution >= 0.6 is 24.1 Å². The standard InChI is InChI=1S/C32H24N6O13S4/c33-24-16-22-17(13-30(24)55(45,46)47)12-29(53-51-49-41)31(32(22)39)38-37-26-11-10-25(21-8-7-20(15-23(21)26)54(42,43)44)36-35-19-6-9-27(28(14-19)52-50-48-40)34-18-4-2-1-3-5-18/h1-16,34,39-41H,33H2,(H,42,43,44)(H,45,46,47). The molecule has 0 aliphatic heterocycles. The summed E-state index contributed by atoms with van der Waals surface area (Å²) in [6, 6.07) is 24.1. The number of aromatic hydroxyl groups is 1. The zero-order valence-electron chi connectivity index (χ0n) is 27.2. The molecule has 19 nitrogen and oxygen atoms in total. The van der Waals surface area contributed by atoms with E-state index in [1.165, 1.54) is 24.3 Å². The highest BCUT2D eigenvalue weighted by Crippen LogP contribution is 2.46. The minimum Gasteiger partial charge on any atom is -0.505 e. The molecule has 0 aromatic heterocycles. The number of fused-ring (bicyclic) bond motifs is 2. The second kappa shape index (κ2) is 16.6. The minimum atomic E-state index is -4.75. The van der Waals surface area contributed by atoms with Crippen molar-refractivity contribution in [1.29, 1.82) is 0 Å². The van der Waals surface area contributed by atoms with E-state index in [0.717, 1.165) is 30.0 Å². The van der Waals surface area contributed by atoms with E-state index in [4.69, 9.17) is 16.2 Å². The lowest BCUT2D eigenvalue weighted by atomic mass is 10.1. The number of azo groups is 2. The van der Waals surface area contributed by atoms with Gasteiger partial charge < -0.3 is 16.2 Å². The molecule has 23 heteroatoms. The molecule has 0 saturated heterocycles. The lowest BCUT2D eigenvalue weighted by Gasteiger charge is -2.12. The SMILES string of the molecule is Nc1cc2c(O)c(N=Nc3ccc(N=Nc4ccc(Nc5ccccc5)c(SOOO)c4)c4ccc(S(=O)(=O)O)cc34)c(SOOO)cc2cc1S(=O)(=O)O. The van der Waals surface area contributed by atoms with E-state index in [9.17, 15) is 31.0 Å². The minimum absolute atomic E-state index is 0.0109. The first-order valence-corrected chi connectivity index (χ1v) is 19.3. The van der Waals surface area contributed by atoms with Gasteiger partial charge in [-0.3, -0.25) is 9.11 Å². The van der Waals surface area contributed by atoms with Crippen molar-refractivity contribution in [2.75, 3.05) is 11.1 Å². The van der Waals surface area contributed by atoms with Gasteiger partial charge >= 0.3 is 0 Å². The third kappa shape index (κ3) is 9.16. The van der Waals surface area contributed by atoms with E-state index in [-0.39, 0.29) is 43.8 Å². The number of nitrogens with one attached hydrogen (secondary N) is 1. The molecule has 6 rings (SSSR count). The number of benzene rings is 6. The zero-order valence-corrected chi connectivity index (χ0v) is 30.5. The Balaban J connectivity index is 1.42. The number of nitrogens with two attached hydrogens (primary N) is 1. The third-order valence-corrected chi connectivity index (χ3v) is 10.6. The van der Waals surface area contributed by atoms with Crippen molar-refractivity contribution in [3.63, 3.8) is 0 Å². The second-order valence-corrected chi connectivity index (χ2v) is 15.3. The highest BCUT2D eigenvalue weighted by Gasteiger charge is 2.21. The van der Waals surface area contributed by atoms with Crippen LogP contribution < -0.4 is 11.1 Å². The number of hydrogen-bond acceptors (Lipinski definition) is 19. The van der Waals surface area contributed by atoms with Crippen molar-refractivity contribution in [1.82, 2.24) is 0 Å². The summed E-state index contributed by atoms with van der Waals surface area (Å²) >= 11 is 1.05. The third-order valence-electron chi connectivity index (χ3n) is 7.56. The van der Waals surface area contributed by atoms with Gasteiger partial charge in [0.2, 0.25) is 0 Å². The fraction of sp³-hybridized carbons (Fsp3) is 0. The van der Waals surface area contributed by atoms with Crippen molar-refractivity contribution in [2.45, 2.75) is 19.6 Å². The molecule has 0 bridgehead atoms. The molecule has 6 aromatic carbocycles. The van der Waals surface area contributed by atoms with Crippen LogP contribution in [0.2, 0.25) is 0 Å². The van der Waals surface area contributed by atoms with Gasteiger partial charge in [-0.1, -0.05) is 34.3 Å². The van der Waals surface area contributed by atoms with Crippen LogP contribution in [0.5, 0.6) is 5.75 Å². The van der Waals surface area contributed by atoms with Crippen molar-refractivity contribution < 1.29 is 60.3 Å². The first-order valence-electron chi connectivity index (χ1n) is 15.0. The molecule has 0 saturated carbocycles. The highest BCUT2D eigenvalue weighted by molar-refractivity contribution is 7.95. The molecular weight excluding hydrogens is 805 g/mol. The molecule has 0 aliphatic carbocycles. The van der Waals surface area contributed by atoms with Crippen molar-refractivity contribution in [2.24, 2.45) is 20.5 Å². The van der Waals surface area contributed by atoms with Gasteiger partial charge in [-0.05, 0) is 78.2 Å².